The molecule has 0 bridgehead atoms. The van der Waals surface area contributed by atoms with Crippen LogP contribution < -0.4 is 4.74 Å². The van der Waals surface area contributed by atoms with Crippen molar-refractivity contribution in [2.45, 2.75) is 26.1 Å². The van der Waals surface area contributed by atoms with Gasteiger partial charge < -0.3 is 4.74 Å². The lowest BCUT2D eigenvalue weighted by molar-refractivity contribution is 0.124. The van der Waals surface area contributed by atoms with E-state index in [4.69, 9.17) is 4.74 Å². The maximum Gasteiger partial charge on any atom is 0.213 e. The van der Waals surface area contributed by atoms with Crippen LogP contribution in [0.15, 0.2) is 54.9 Å². The number of nitrogens with zero attached hydrogens (tertiary/aromatic N) is 5. The number of aryl methyl sites for hydroxylation is 1. The van der Waals surface area contributed by atoms with Crippen LogP contribution in [0, 0.1) is 6.92 Å². The minimum Gasteiger partial charge on any atom is -0.475 e. The van der Waals surface area contributed by atoms with Gasteiger partial charge in [-0.2, -0.15) is 5.10 Å². The van der Waals surface area contributed by atoms with Crippen molar-refractivity contribution in [3.63, 3.8) is 0 Å². The zero-order valence-electron chi connectivity index (χ0n) is 14.2. The van der Waals surface area contributed by atoms with Crippen molar-refractivity contribution in [2.75, 3.05) is 13.2 Å². The number of ether oxygens (including phenoxy) is 1. The van der Waals surface area contributed by atoms with Crippen LogP contribution in [0.5, 0.6) is 5.88 Å². The van der Waals surface area contributed by atoms with Gasteiger partial charge in [0.15, 0.2) is 0 Å². The van der Waals surface area contributed by atoms with Crippen molar-refractivity contribution in [1.29, 1.82) is 0 Å². The Labute approximate surface area is 147 Å². The molecule has 1 aliphatic heterocycles. The van der Waals surface area contributed by atoms with Gasteiger partial charge in [0.2, 0.25) is 5.88 Å². The Bertz CT molecular complexity index is 833. The third-order valence-electron chi connectivity index (χ3n) is 4.35. The normalized spacial score (nSPS) is 17.2. The second-order valence-corrected chi connectivity index (χ2v) is 6.34. The molecule has 0 radical (unpaired) electrons. The summed E-state index contributed by atoms with van der Waals surface area (Å²) >= 11 is 0. The molecule has 0 N–H and O–H groups in total. The van der Waals surface area contributed by atoms with Gasteiger partial charge in [-0.3, -0.25) is 14.6 Å². The lowest BCUT2D eigenvalue weighted by Gasteiger charge is -2.33. The van der Waals surface area contributed by atoms with E-state index in [-0.39, 0.29) is 6.04 Å². The van der Waals surface area contributed by atoms with Gasteiger partial charge in [0.25, 0.3) is 0 Å². The molecule has 3 aromatic rings. The van der Waals surface area contributed by atoms with Crippen molar-refractivity contribution in [2.24, 2.45) is 0 Å². The zero-order valence-corrected chi connectivity index (χ0v) is 14.2. The lowest BCUT2D eigenvalue weighted by Crippen LogP contribution is -2.39. The molecule has 0 saturated carbocycles. The van der Waals surface area contributed by atoms with Gasteiger partial charge >= 0.3 is 0 Å². The van der Waals surface area contributed by atoms with Gasteiger partial charge in [0.1, 0.15) is 6.61 Å². The number of rotatable bonds is 5. The first-order chi connectivity index (χ1) is 12.3. The van der Waals surface area contributed by atoms with Crippen LogP contribution in [0.2, 0.25) is 0 Å². The van der Waals surface area contributed by atoms with Crippen molar-refractivity contribution in [1.82, 2.24) is 24.6 Å². The van der Waals surface area contributed by atoms with Crippen LogP contribution in [0.3, 0.4) is 0 Å². The van der Waals surface area contributed by atoms with E-state index in [0.29, 0.717) is 12.5 Å². The minimum atomic E-state index is 0.158. The molecule has 0 unspecified atom stereocenters. The van der Waals surface area contributed by atoms with Gasteiger partial charge in [-0.15, -0.1) is 0 Å². The maximum atomic E-state index is 5.88. The Hall–Kier alpha value is -2.73. The van der Waals surface area contributed by atoms with Gasteiger partial charge in [0.05, 0.1) is 17.4 Å². The molecular weight excluding hydrogens is 314 g/mol. The predicted molar refractivity (Wildman–Crippen MR) is 94.1 cm³/mol. The van der Waals surface area contributed by atoms with Crippen molar-refractivity contribution < 1.29 is 4.74 Å². The molecule has 0 fully saturated rings. The molecule has 6 heteroatoms. The summed E-state index contributed by atoms with van der Waals surface area (Å²) in [5, 5.41) is 4.48. The van der Waals surface area contributed by atoms with E-state index < -0.39 is 0 Å². The molecule has 3 aromatic heterocycles. The third-order valence-corrected chi connectivity index (χ3v) is 4.35. The van der Waals surface area contributed by atoms with Gasteiger partial charge in [-0.1, -0.05) is 12.1 Å². The van der Waals surface area contributed by atoms with Gasteiger partial charge in [0, 0.05) is 43.8 Å². The quantitative estimate of drug-likeness (QED) is 0.717. The van der Waals surface area contributed by atoms with Crippen molar-refractivity contribution >= 4 is 0 Å². The van der Waals surface area contributed by atoms with Crippen LogP contribution in [0.4, 0.5) is 0 Å². The second-order valence-electron chi connectivity index (χ2n) is 6.34. The van der Waals surface area contributed by atoms with Crippen molar-refractivity contribution in [3.8, 4) is 5.88 Å². The highest BCUT2D eigenvalue weighted by Gasteiger charge is 2.26. The smallest absolute Gasteiger partial charge is 0.213 e. The average Bonchev–Trinajstić information content (AvgIpc) is 3.09. The second kappa shape index (κ2) is 7.03. The van der Waals surface area contributed by atoms with Gasteiger partial charge in [-0.25, -0.2) is 4.98 Å². The molecule has 0 amide bonds. The number of fused-ring (bicyclic) bond motifs is 1. The largest absolute Gasteiger partial charge is 0.475 e. The Morgan fingerprint density at radius 2 is 2.08 bits per heavy atom. The highest BCUT2D eigenvalue weighted by molar-refractivity contribution is 5.12. The number of aromatic nitrogens is 4. The molecule has 128 valence electrons. The molecule has 25 heavy (non-hydrogen) atoms. The van der Waals surface area contributed by atoms with E-state index in [2.05, 4.69) is 42.8 Å². The first-order valence-corrected chi connectivity index (χ1v) is 8.49. The Balaban J connectivity index is 1.47. The number of hydrogen-bond acceptors (Lipinski definition) is 5. The fourth-order valence-corrected chi connectivity index (χ4v) is 3.24. The SMILES string of the molecule is Cc1cccc(CN2Cc3ccnn3[C@@H](COc3ccccn3)C2)n1. The molecule has 4 rings (SSSR count). The van der Waals surface area contributed by atoms with E-state index in [1.807, 2.05) is 37.4 Å². The van der Waals surface area contributed by atoms with E-state index in [1.54, 1.807) is 6.20 Å². The highest BCUT2D eigenvalue weighted by Crippen LogP contribution is 2.22. The van der Waals surface area contributed by atoms with Crippen LogP contribution in [0.1, 0.15) is 23.1 Å². The number of pyridine rings is 2. The van der Waals surface area contributed by atoms with Crippen LogP contribution in [-0.2, 0) is 13.1 Å². The highest BCUT2D eigenvalue weighted by atomic mass is 16.5. The average molecular weight is 335 g/mol. The summed E-state index contributed by atoms with van der Waals surface area (Å²) in [7, 11) is 0. The summed E-state index contributed by atoms with van der Waals surface area (Å²) in [6.07, 6.45) is 3.60. The van der Waals surface area contributed by atoms with Gasteiger partial charge in [-0.05, 0) is 31.2 Å². The standard InChI is InChI=1S/C19H21N5O/c1-15-5-4-6-16(22-15)11-23-12-17-8-10-21-24(17)18(13-23)14-25-19-7-2-3-9-20-19/h2-10,18H,11-14H2,1H3/t18-/m1/s1. The summed E-state index contributed by atoms with van der Waals surface area (Å²) in [4.78, 5) is 11.2. The van der Waals surface area contributed by atoms with Crippen molar-refractivity contribution in [3.05, 3.63) is 71.9 Å². The Morgan fingerprint density at radius 1 is 1.12 bits per heavy atom. The molecule has 0 aromatic carbocycles. The molecule has 1 atom stereocenters. The molecule has 0 spiro atoms. The minimum absolute atomic E-state index is 0.158. The maximum absolute atomic E-state index is 5.88. The van der Waals surface area contributed by atoms with E-state index >= 15 is 0 Å². The number of hydrogen-bond donors (Lipinski definition) is 0. The topological polar surface area (TPSA) is 56.1 Å². The monoisotopic (exact) mass is 335 g/mol. The first-order valence-electron chi connectivity index (χ1n) is 8.49. The summed E-state index contributed by atoms with van der Waals surface area (Å²) in [5.74, 6) is 0.647. The van der Waals surface area contributed by atoms with E-state index in [1.165, 1.54) is 5.69 Å². The first kappa shape index (κ1) is 15.8. The fraction of sp³-hybridized carbons (Fsp3) is 0.316. The van der Waals surface area contributed by atoms with E-state index in [0.717, 1.165) is 31.0 Å². The van der Waals surface area contributed by atoms with E-state index in [9.17, 15) is 0 Å². The van der Waals surface area contributed by atoms with Crippen LogP contribution >= 0.6 is 0 Å². The molecule has 4 heterocycles. The molecule has 6 nitrogen and oxygen atoms in total. The molecular formula is C19H21N5O. The lowest BCUT2D eigenvalue weighted by atomic mass is 10.2. The Morgan fingerprint density at radius 3 is 2.92 bits per heavy atom. The predicted octanol–water partition coefficient (Wildman–Crippen LogP) is 2.62. The summed E-state index contributed by atoms with van der Waals surface area (Å²) in [6, 6.07) is 14.1. The fourth-order valence-electron chi connectivity index (χ4n) is 3.24. The summed E-state index contributed by atoms with van der Waals surface area (Å²) in [5.41, 5.74) is 3.35. The summed E-state index contributed by atoms with van der Waals surface area (Å²) in [6.45, 7) is 5.14. The molecule has 0 aliphatic carbocycles. The van der Waals surface area contributed by atoms with Crippen LogP contribution in [0.25, 0.3) is 0 Å². The Kier molecular flexibility index (Phi) is 4.43. The molecule has 0 saturated heterocycles. The third kappa shape index (κ3) is 3.69. The summed E-state index contributed by atoms with van der Waals surface area (Å²) < 4.78 is 7.95. The zero-order chi connectivity index (χ0) is 17.1. The van der Waals surface area contributed by atoms with Crippen LogP contribution in [-0.4, -0.2) is 37.8 Å². The molecule has 1 aliphatic rings.